The lowest BCUT2D eigenvalue weighted by Crippen LogP contribution is -2.27. The van der Waals surface area contributed by atoms with Crippen molar-refractivity contribution in [3.05, 3.63) is 28.0 Å². The van der Waals surface area contributed by atoms with E-state index in [-0.39, 0.29) is 35.1 Å². The molecule has 0 spiro atoms. The topological polar surface area (TPSA) is 114 Å². The molecule has 11 heteroatoms. The quantitative estimate of drug-likeness (QED) is 0.777. The lowest BCUT2D eigenvalue weighted by molar-refractivity contribution is -0.114. The minimum absolute atomic E-state index is 0.105. The summed E-state index contributed by atoms with van der Waals surface area (Å²) in [6.45, 7) is 5.48. The molecule has 2 aromatic rings. The number of amides is 2. The molecule has 1 aliphatic heterocycles. The predicted octanol–water partition coefficient (Wildman–Crippen LogP) is 1.55. The van der Waals surface area contributed by atoms with Crippen LogP contribution in [-0.4, -0.2) is 58.4 Å². The Labute approximate surface area is 167 Å². The van der Waals surface area contributed by atoms with Gasteiger partial charge in [0.2, 0.25) is 5.91 Å². The second-order valence-corrected chi connectivity index (χ2v) is 10.1. The Hall–Kier alpha value is -2.27. The molecule has 2 amide bonds. The first-order valence-electron chi connectivity index (χ1n) is 8.81. The Morgan fingerprint density at radius 1 is 1.39 bits per heavy atom. The van der Waals surface area contributed by atoms with Gasteiger partial charge in [-0.15, -0.1) is 11.3 Å². The fourth-order valence-corrected chi connectivity index (χ4v) is 5.76. The van der Waals surface area contributed by atoms with Gasteiger partial charge in [0, 0.05) is 37.2 Å². The van der Waals surface area contributed by atoms with Gasteiger partial charge in [0.15, 0.2) is 15.0 Å². The molecule has 0 bridgehead atoms. The van der Waals surface area contributed by atoms with E-state index in [4.69, 9.17) is 0 Å². The van der Waals surface area contributed by atoms with Crippen molar-refractivity contribution < 1.29 is 18.0 Å². The Morgan fingerprint density at radius 2 is 2.11 bits per heavy atom. The van der Waals surface area contributed by atoms with Crippen molar-refractivity contribution in [2.75, 3.05) is 23.9 Å². The lowest BCUT2D eigenvalue weighted by atomic mass is 10.1. The molecule has 3 heterocycles. The number of sulfone groups is 1. The van der Waals surface area contributed by atoms with Crippen LogP contribution in [0.3, 0.4) is 0 Å². The molecule has 0 radical (unpaired) electrons. The highest BCUT2D eigenvalue weighted by Gasteiger charge is 2.31. The predicted molar refractivity (Wildman–Crippen MR) is 106 cm³/mol. The Morgan fingerprint density at radius 3 is 2.71 bits per heavy atom. The summed E-state index contributed by atoms with van der Waals surface area (Å²) in [6, 6.07) is -0.155. The highest BCUT2D eigenvalue weighted by atomic mass is 32.2. The number of carbonyl (C=O) groups excluding carboxylic acids is 2. The van der Waals surface area contributed by atoms with Crippen molar-refractivity contribution in [2.45, 2.75) is 39.8 Å². The molecule has 1 aliphatic rings. The maximum atomic E-state index is 12.7. The van der Waals surface area contributed by atoms with Gasteiger partial charge in [0.25, 0.3) is 5.91 Å². The van der Waals surface area contributed by atoms with Gasteiger partial charge in [0.05, 0.1) is 23.2 Å². The first-order chi connectivity index (χ1) is 13.1. The van der Waals surface area contributed by atoms with Crippen molar-refractivity contribution >= 4 is 38.1 Å². The zero-order valence-corrected chi connectivity index (χ0v) is 17.9. The summed E-state index contributed by atoms with van der Waals surface area (Å²) in [5, 5.41) is 9.09. The van der Waals surface area contributed by atoms with Crippen LogP contribution < -0.4 is 5.32 Å². The number of hydrogen-bond donors (Lipinski definition) is 1. The second kappa shape index (κ2) is 7.63. The number of anilines is 1. The molecule has 1 unspecified atom stereocenters. The summed E-state index contributed by atoms with van der Waals surface area (Å²) in [5.41, 5.74) is 2.81. The Bertz CT molecular complexity index is 1020. The number of aromatic nitrogens is 3. The molecule has 1 N–H and O–H groups in total. The van der Waals surface area contributed by atoms with Crippen LogP contribution >= 0.6 is 11.3 Å². The van der Waals surface area contributed by atoms with E-state index in [1.54, 1.807) is 22.0 Å². The highest BCUT2D eigenvalue weighted by molar-refractivity contribution is 7.91. The molecular formula is C17H23N5O4S2. The second-order valence-electron chi connectivity index (χ2n) is 7.03. The smallest absolute Gasteiger partial charge is 0.273 e. The summed E-state index contributed by atoms with van der Waals surface area (Å²) < 4.78 is 25.4. The van der Waals surface area contributed by atoms with Crippen LogP contribution in [0.2, 0.25) is 0 Å². The van der Waals surface area contributed by atoms with Crippen molar-refractivity contribution in [1.82, 2.24) is 19.7 Å². The van der Waals surface area contributed by atoms with Gasteiger partial charge in [-0.25, -0.2) is 13.4 Å². The number of carbonyl (C=O) groups is 2. The molecule has 0 saturated carbocycles. The summed E-state index contributed by atoms with van der Waals surface area (Å²) in [6.07, 6.45) is 0.559. The molecule has 1 saturated heterocycles. The van der Waals surface area contributed by atoms with Crippen LogP contribution in [0.4, 0.5) is 5.13 Å². The molecular weight excluding hydrogens is 402 g/mol. The van der Waals surface area contributed by atoms with E-state index in [1.807, 2.05) is 13.8 Å². The van der Waals surface area contributed by atoms with Gasteiger partial charge in [-0.1, -0.05) is 0 Å². The monoisotopic (exact) mass is 425 g/mol. The third-order valence-corrected chi connectivity index (χ3v) is 7.29. The lowest BCUT2D eigenvalue weighted by Gasteiger charge is -2.17. The molecule has 2 aromatic heterocycles. The molecule has 1 atom stereocenters. The number of nitrogens with one attached hydrogen (secondary N) is 1. The number of nitrogens with zero attached hydrogens (tertiary/aromatic N) is 4. The van der Waals surface area contributed by atoms with Gasteiger partial charge in [-0.2, -0.15) is 5.10 Å². The number of aryl methyl sites for hydroxylation is 1. The van der Waals surface area contributed by atoms with E-state index in [0.29, 0.717) is 18.1 Å². The maximum Gasteiger partial charge on any atom is 0.273 e. The summed E-state index contributed by atoms with van der Waals surface area (Å²) in [7, 11) is -1.33. The van der Waals surface area contributed by atoms with Gasteiger partial charge >= 0.3 is 0 Å². The van der Waals surface area contributed by atoms with Crippen LogP contribution in [0.1, 0.15) is 46.8 Å². The summed E-state index contributed by atoms with van der Waals surface area (Å²) >= 11 is 1.19. The zero-order valence-electron chi connectivity index (χ0n) is 16.2. The Balaban J connectivity index is 1.75. The third-order valence-electron chi connectivity index (χ3n) is 4.78. The van der Waals surface area contributed by atoms with E-state index < -0.39 is 9.84 Å². The molecule has 3 rings (SSSR count). The van der Waals surface area contributed by atoms with Crippen LogP contribution in [0.15, 0.2) is 5.38 Å². The van der Waals surface area contributed by atoms with Crippen LogP contribution in [0.25, 0.3) is 0 Å². The minimum atomic E-state index is -3.01. The molecule has 28 heavy (non-hydrogen) atoms. The first kappa shape index (κ1) is 20.5. The molecule has 0 aromatic carbocycles. The van der Waals surface area contributed by atoms with Crippen LogP contribution in [-0.2, 0) is 21.2 Å². The van der Waals surface area contributed by atoms with Crippen molar-refractivity contribution in [3.63, 3.8) is 0 Å². The zero-order chi connectivity index (χ0) is 20.6. The largest absolute Gasteiger partial charge is 0.336 e. The van der Waals surface area contributed by atoms with Gasteiger partial charge in [0.1, 0.15) is 5.69 Å². The number of hydrogen-bond acceptors (Lipinski definition) is 7. The fraction of sp³-hybridized carbons (Fsp3) is 0.529. The van der Waals surface area contributed by atoms with Crippen LogP contribution in [0, 0.1) is 13.8 Å². The van der Waals surface area contributed by atoms with E-state index in [0.717, 1.165) is 17.0 Å². The normalized spacial score (nSPS) is 18.2. The fourth-order valence-electron chi connectivity index (χ4n) is 3.33. The van der Waals surface area contributed by atoms with E-state index >= 15 is 0 Å². The van der Waals surface area contributed by atoms with Crippen molar-refractivity contribution in [3.8, 4) is 0 Å². The molecule has 9 nitrogen and oxygen atoms in total. The Kier molecular flexibility index (Phi) is 5.57. The van der Waals surface area contributed by atoms with Gasteiger partial charge in [-0.05, 0) is 20.3 Å². The number of thiazole rings is 1. The standard InChI is InChI=1S/C17H23N5O4S2/c1-10-14(11(2)22(20-10)13-5-6-28(25,26)9-13)7-21(4)16(24)15-8-27-17(19-15)18-12(3)23/h8,13H,5-7,9H2,1-4H3,(H,18,19,23). The van der Waals surface area contributed by atoms with E-state index in [1.165, 1.54) is 18.3 Å². The van der Waals surface area contributed by atoms with Crippen molar-refractivity contribution in [1.29, 1.82) is 0 Å². The van der Waals surface area contributed by atoms with Gasteiger partial charge < -0.3 is 10.2 Å². The average Bonchev–Trinajstić information content (AvgIpc) is 3.27. The minimum Gasteiger partial charge on any atom is -0.336 e. The van der Waals surface area contributed by atoms with Crippen LogP contribution in [0.5, 0.6) is 0 Å². The summed E-state index contributed by atoms with van der Waals surface area (Å²) in [5.74, 6) is -0.213. The summed E-state index contributed by atoms with van der Waals surface area (Å²) in [4.78, 5) is 29.5. The molecule has 1 fully saturated rings. The number of rotatable bonds is 5. The van der Waals surface area contributed by atoms with E-state index in [9.17, 15) is 18.0 Å². The molecule has 0 aliphatic carbocycles. The molecule has 152 valence electrons. The highest BCUT2D eigenvalue weighted by Crippen LogP contribution is 2.27. The van der Waals surface area contributed by atoms with E-state index in [2.05, 4.69) is 15.4 Å². The van der Waals surface area contributed by atoms with Crippen molar-refractivity contribution in [2.24, 2.45) is 0 Å². The third kappa shape index (κ3) is 4.25. The average molecular weight is 426 g/mol. The first-order valence-corrected chi connectivity index (χ1v) is 11.5. The maximum absolute atomic E-state index is 12.7. The van der Waals surface area contributed by atoms with Gasteiger partial charge in [-0.3, -0.25) is 14.3 Å². The SMILES string of the molecule is CC(=O)Nc1nc(C(=O)N(C)Cc2c(C)nn(C3CCS(=O)(=O)C3)c2C)cs1.